The van der Waals surface area contributed by atoms with Crippen LogP contribution in [0.15, 0.2) is 72.8 Å². The highest BCUT2D eigenvalue weighted by Crippen LogP contribution is 2.25. The third-order valence-corrected chi connectivity index (χ3v) is 3.67. The van der Waals surface area contributed by atoms with Gasteiger partial charge < -0.3 is 14.6 Å². The van der Waals surface area contributed by atoms with Gasteiger partial charge in [-0.15, -0.1) is 0 Å². The number of rotatable bonds is 4. The number of phenols is 1. The molecule has 5 heteroatoms. The van der Waals surface area contributed by atoms with E-state index in [0.717, 1.165) is 0 Å². The third kappa shape index (κ3) is 4.08. The molecule has 0 amide bonds. The second-order valence-corrected chi connectivity index (χ2v) is 5.62. The Morgan fingerprint density at radius 1 is 0.769 bits per heavy atom. The Balaban J connectivity index is 1.70. The van der Waals surface area contributed by atoms with Gasteiger partial charge in [0.2, 0.25) is 0 Å². The van der Waals surface area contributed by atoms with Crippen molar-refractivity contribution in [2.24, 2.45) is 0 Å². The van der Waals surface area contributed by atoms with Crippen molar-refractivity contribution >= 4 is 11.9 Å². The van der Waals surface area contributed by atoms with Crippen LogP contribution < -0.4 is 9.47 Å². The molecule has 3 aromatic carbocycles. The number of hydrogen-bond acceptors (Lipinski definition) is 5. The summed E-state index contributed by atoms with van der Waals surface area (Å²) in [5.74, 6) is -0.202. The first kappa shape index (κ1) is 17.2. The number of carbonyl (C=O) groups is 2. The summed E-state index contributed by atoms with van der Waals surface area (Å²) in [4.78, 5) is 24.2. The van der Waals surface area contributed by atoms with Crippen LogP contribution in [0, 0.1) is 6.92 Å². The number of benzene rings is 3. The summed E-state index contributed by atoms with van der Waals surface area (Å²) >= 11 is 0. The van der Waals surface area contributed by atoms with E-state index in [1.165, 1.54) is 24.3 Å². The molecule has 3 aromatic rings. The SMILES string of the molecule is Cc1cc(OC(=O)c2ccccc2)ccc1OC(=O)c1ccc(O)cc1. The molecule has 0 radical (unpaired) electrons. The first-order chi connectivity index (χ1) is 12.5. The van der Waals surface area contributed by atoms with E-state index >= 15 is 0 Å². The maximum Gasteiger partial charge on any atom is 0.343 e. The molecule has 0 aliphatic rings. The minimum absolute atomic E-state index is 0.0716. The van der Waals surface area contributed by atoms with Crippen LogP contribution in [-0.2, 0) is 0 Å². The number of hydrogen-bond donors (Lipinski definition) is 1. The van der Waals surface area contributed by atoms with Gasteiger partial charge in [-0.2, -0.15) is 0 Å². The van der Waals surface area contributed by atoms with Gasteiger partial charge in [0.15, 0.2) is 0 Å². The summed E-state index contributed by atoms with van der Waals surface area (Å²) in [6.07, 6.45) is 0. The molecular formula is C21H16O5. The summed E-state index contributed by atoms with van der Waals surface area (Å²) in [5.41, 5.74) is 1.42. The van der Waals surface area contributed by atoms with E-state index < -0.39 is 11.9 Å². The van der Waals surface area contributed by atoms with E-state index in [9.17, 15) is 14.7 Å². The average molecular weight is 348 g/mol. The van der Waals surface area contributed by atoms with Crippen molar-refractivity contribution in [3.8, 4) is 17.2 Å². The topological polar surface area (TPSA) is 72.8 Å². The van der Waals surface area contributed by atoms with Gasteiger partial charge in [0.05, 0.1) is 11.1 Å². The van der Waals surface area contributed by atoms with Crippen molar-refractivity contribution in [2.75, 3.05) is 0 Å². The number of carbonyl (C=O) groups excluding carboxylic acids is 2. The molecule has 0 heterocycles. The molecule has 5 nitrogen and oxygen atoms in total. The van der Waals surface area contributed by atoms with Crippen molar-refractivity contribution in [1.29, 1.82) is 0 Å². The lowest BCUT2D eigenvalue weighted by atomic mass is 10.2. The van der Waals surface area contributed by atoms with Gasteiger partial charge in [-0.1, -0.05) is 18.2 Å². The van der Waals surface area contributed by atoms with Gasteiger partial charge >= 0.3 is 11.9 Å². The largest absolute Gasteiger partial charge is 0.508 e. The predicted octanol–water partition coefficient (Wildman–Crippen LogP) is 4.14. The van der Waals surface area contributed by atoms with Crippen LogP contribution in [0.25, 0.3) is 0 Å². The van der Waals surface area contributed by atoms with Gasteiger partial charge in [-0.05, 0) is 67.1 Å². The van der Waals surface area contributed by atoms with E-state index in [0.29, 0.717) is 28.2 Å². The van der Waals surface area contributed by atoms with Gasteiger partial charge in [0, 0.05) is 0 Å². The standard InChI is InChI=1S/C21H16O5/c1-14-13-18(25-20(23)15-5-3-2-4-6-15)11-12-19(14)26-21(24)16-7-9-17(22)10-8-16/h2-13,22H,1H3. The fourth-order valence-corrected chi connectivity index (χ4v) is 2.30. The molecule has 0 saturated carbocycles. The Morgan fingerprint density at radius 2 is 1.38 bits per heavy atom. The van der Waals surface area contributed by atoms with Gasteiger partial charge in [0.25, 0.3) is 0 Å². The smallest absolute Gasteiger partial charge is 0.343 e. The third-order valence-electron chi connectivity index (χ3n) is 3.67. The van der Waals surface area contributed by atoms with E-state index in [4.69, 9.17) is 9.47 Å². The highest BCUT2D eigenvalue weighted by Gasteiger charge is 2.13. The molecule has 1 N–H and O–H groups in total. The Morgan fingerprint density at radius 3 is 2.04 bits per heavy atom. The second kappa shape index (κ2) is 7.53. The number of ether oxygens (including phenoxy) is 2. The zero-order chi connectivity index (χ0) is 18.5. The zero-order valence-corrected chi connectivity index (χ0v) is 14.0. The summed E-state index contributed by atoms with van der Waals surface area (Å²) < 4.78 is 10.7. The van der Waals surface area contributed by atoms with Crippen LogP contribution in [0.2, 0.25) is 0 Å². The first-order valence-corrected chi connectivity index (χ1v) is 7.92. The summed E-state index contributed by atoms with van der Waals surface area (Å²) in [6.45, 7) is 1.75. The number of aromatic hydroxyl groups is 1. The summed E-state index contributed by atoms with van der Waals surface area (Å²) in [7, 11) is 0. The molecule has 0 saturated heterocycles. The van der Waals surface area contributed by atoms with E-state index in [1.54, 1.807) is 49.4 Å². The molecule has 0 aliphatic heterocycles. The minimum atomic E-state index is -0.540. The Bertz CT molecular complexity index is 930. The fraction of sp³-hybridized carbons (Fsp3) is 0.0476. The monoisotopic (exact) mass is 348 g/mol. The van der Waals surface area contributed by atoms with Crippen LogP contribution in [0.4, 0.5) is 0 Å². The van der Waals surface area contributed by atoms with Crippen molar-refractivity contribution in [2.45, 2.75) is 6.92 Å². The van der Waals surface area contributed by atoms with Crippen molar-refractivity contribution < 1.29 is 24.2 Å². The second-order valence-electron chi connectivity index (χ2n) is 5.62. The van der Waals surface area contributed by atoms with Crippen molar-refractivity contribution in [3.05, 3.63) is 89.5 Å². The average Bonchev–Trinajstić information content (AvgIpc) is 2.65. The number of phenolic OH excluding ortho intramolecular Hbond substituents is 1. The van der Waals surface area contributed by atoms with Gasteiger partial charge in [0.1, 0.15) is 17.2 Å². The molecule has 0 unspecified atom stereocenters. The lowest BCUT2D eigenvalue weighted by Crippen LogP contribution is -2.10. The van der Waals surface area contributed by atoms with E-state index in [2.05, 4.69) is 0 Å². The Kier molecular flexibility index (Phi) is 4.99. The van der Waals surface area contributed by atoms with E-state index in [1.807, 2.05) is 6.07 Å². The highest BCUT2D eigenvalue weighted by molar-refractivity contribution is 5.92. The lowest BCUT2D eigenvalue weighted by Gasteiger charge is -2.10. The molecule has 26 heavy (non-hydrogen) atoms. The number of esters is 2. The van der Waals surface area contributed by atoms with Crippen LogP contribution in [0.1, 0.15) is 26.3 Å². The van der Waals surface area contributed by atoms with Crippen molar-refractivity contribution in [3.63, 3.8) is 0 Å². The van der Waals surface area contributed by atoms with E-state index in [-0.39, 0.29) is 5.75 Å². The zero-order valence-electron chi connectivity index (χ0n) is 14.0. The maximum atomic E-state index is 12.1. The lowest BCUT2D eigenvalue weighted by molar-refractivity contribution is 0.0718. The molecule has 0 fully saturated rings. The molecule has 3 rings (SSSR count). The minimum Gasteiger partial charge on any atom is -0.508 e. The van der Waals surface area contributed by atoms with Crippen molar-refractivity contribution in [1.82, 2.24) is 0 Å². The molecule has 0 aliphatic carbocycles. The normalized spacial score (nSPS) is 10.2. The molecule has 0 atom stereocenters. The van der Waals surface area contributed by atoms with Crippen LogP contribution in [-0.4, -0.2) is 17.0 Å². The molecule has 130 valence electrons. The highest BCUT2D eigenvalue weighted by atomic mass is 16.5. The Labute approximate surface area is 150 Å². The van der Waals surface area contributed by atoms with Crippen LogP contribution in [0.3, 0.4) is 0 Å². The van der Waals surface area contributed by atoms with Gasteiger partial charge in [-0.25, -0.2) is 9.59 Å². The summed E-state index contributed by atoms with van der Waals surface area (Å²) in [5, 5.41) is 9.26. The predicted molar refractivity (Wildman–Crippen MR) is 95.6 cm³/mol. The summed E-state index contributed by atoms with van der Waals surface area (Å²) in [6, 6.07) is 19.2. The van der Waals surface area contributed by atoms with Crippen LogP contribution >= 0.6 is 0 Å². The quantitative estimate of drug-likeness (QED) is 0.567. The number of aryl methyl sites for hydroxylation is 1. The molecular weight excluding hydrogens is 332 g/mol. The molecule has 0 spiro atoms. The molecule has 0 bridgehead atoms. The fourth-order valence-electron chi connectivity index (χ4n) is 2.30. The maximum absolute atomic E-state index is 12.1. The van der Waals surface area contributed by atoms with Crippen LogP contribution in [0.5, 0.6) is 17.2 Å². The van der Waals surface area contributed by atoms with Gasteiger partial charge in [-0.3, -0.25) is 0 Å². The Hall–Kier alpha value is -3.60. The molecule has 0 aromatic heterocycles. The first-order valence-electron chi connectivity index (χ1n) is 7.92.